The van der Waals surface area contributed by atoms with E-state index in [1.165, 1.54) is 34.6 Å². The average Bonchev–Trinajstić information content (AvgIpc) is 3.86. The highest BCUT2D eigenvalue weighted by atomic mass is 16.6. The zero-order chi connectivity index (χ0) is 31.2. The lowest BCUT2D eigenvalue weighted by atomic mass is 10.1. The van der Waals surface area contributed by atoms with Gasteiger partial charge in [0.05, 0.1) is 31.5 Å². The van der Waals surface area contributed by atoms with E-state index in [2.05, 4.69) is 40.2 Å². The molecule has 7 heterocycles. The van der Waals surface area contributed by atoms with Gasteiger partial charge in [0.15, 0.2) is 35.4 Å². The largest absolute Gasteiger partial charge is 0.394 e. The number of fused-ring (bicyclic) bond motifs is 2. The Balaban J connectivity index is 0.956. The van der Waals surface area contributed by atoms with E-state index in [4.69, 9.17) is 25.7 Å². The van der Waals surface area contributed by atoms with Gasteiger partial charge in [-0.25, -0.2) is 34.6 Å². The molecular weight excluding hydrogens is 594 g/mol. The molecule has 45 heavy (non-hydrogen) atoms. The standard InChI is InChI=1S/C25H31N13O7/c26-20-14-22(30-7-28-20)37(9-32-14)24-18(42)16(40)12(44-24)5-36-4-11(34-35-36)2-1-3-43-19-17(41)13(6-39)45-25(19)38-10-33-15-21(27)29-8-31-23(15)38/h4,7-10,12-13,16-19,24-25,39-42H,1-3,5-6H2,(H2,26,28,30)(H2,27,29,31)/t12-,13-,16-,17-,18-,19-,24-,25-/m1/s1. The minimum atomic E-state index is -1.25. The number of aryl methyl sites for hydroxylation is 1. The number of aromatic nitrogens is 11. The van der Waals surface area contributed by atoms with Crippen molar-refractivity contribution in [2.24, 2.45) is 0 Å². The third-order valence-electron chi connectivity index (χ3n) is 7.99. The molecule has 2 fully saturated rings. The van der Waals surface area contributed by atoms with Gasteiger partial charge in [-0.05, 0) is 12.8 Å². The number of aliphatic hydroxyl groups is 4. The van der Waals surface area contributed by atoms with E-state index >= 15 is 0 Å². The van der Waals surface area contributed by atoms with Crippen LogP contribution in [0, 0.1) is 0 Å². The number of nitrogens with zero attached hydrogens (tertiary/aromatic N) is 11. The first-order valence-corrected chi connectivity index (χ1v) is 14.2. The number of hydrogen-bond donors (Lipinski definition) is 6. The molecule has 0 aromatic carbocycles. The Kier molecular flexibility index (Phi) is 7.69. The van der Waals surface area contributed by atoms with E-state index in [0.29, 0.717) is 40.9 Å². The summed E-state index contributed by atoms with van der Waals surface area (Å²) in [5, 5.41) is 50.3. The number of hydrogen-bond acceptors (Lipinski definition) is 17. The smallest absolute Gasteiger partial charge is 0.167 e. The van der Waals surface area contributed by atoms with Crippen LogP contribution in [0.1, 0.15) is 24.6 Å². The lowest BCUT2D eigenvalue weighted by molar-refractivity contribution is -0.0708. The lowest BCUT2D eigenvalue weighted by Gasteiger charge is -2.22. The Bertz CT molecular complexity index is 1800. The molecule has 8 atom stereocenters. The number of ether oxygens (including phenoxy) is 3. The Hall–Kier alpha value is -4.44. The van der Waals surface area contributed by atoms with Gasteiger partial charge in [-0.15, -0.1) is 5.10 Å². The van der Waals surface area contributed by atoms with E-state index in [0.717, 1.165) is 0 Å². The molecule has 7 rings (SSSR count). The Morgan fingerprint density at radius 3 is 2.11 bits per heavy atom. The molecule has 5 aromatic heterocycles. The van der Waals surface area contributed by atoms with Gasteiger partial charge in [-0.2, -0.15) is 0 Å². The van der Waals surface area contributed by atoms with E-state index in [9.17, 15) is 20.4 Å². The van der Waals surface area contributed by atoms with Gasteiger partial charge < -0.3 is 46.1 Å². The van der Waals surface area contributed by atoms with Crippen molar-refractivity contribution in [2.75, 3.05) is 24.7 Å². The third-order valence-corrected chi connectivity index (χ3v) is 7.99. The minimum Gasteiger partial charge on any atom is -0.394 e. The van der Waals surface area contributed by atoms with Crippen molar-refractivity contribution < 1.29 is 34.6 Å². The summed E-state index contributed by atoms with van der Waals surface area (Å²) in [6.07, 6.45) is 0.469. The van der Waals surface area contributed by atoms with Crippen LogP contribution in [0.3, 0.4) is 0 Å². The zero-order valence-electron chi connectivity index (χ0n) is 23.6. The molecule has 2 aliphatic rings. The van der Waals surface area contributed by atoms with Crippen molar-refractivity contribution in [3.8, 4) is 0 Å². The predicted molar refractivity (Wildman–Crippen MR) is 150 cm³/mol. The number of nitrogens with two attached hydrogens (primary N) is 2. The predicted octanol–water partition coefficient (Wildman–Crippen LogP) is -2.69. The highest BCUT2D eigenvalue weighted by Gasteiger charge is 2.46. The first-order valence-electron chi connectivity index (χ1n) is 14.2. The summed E-state index contributed by atoms with van der Waals surface area (Å²) < 4.78 is 22.5. The molecule has 0 bridgehead atoms. The summed E-state index contributed by atoms with van der Waals surface area (Å²) in [5.74, 6) is 0.400. The lowest BCUT2D eigenvalue weighted by Crippen LogP contribution is -2.35. The van der Waals surface area contributed by atoms with Gasteiger partial charge in [-0.1, -0.05) is 5.21 Å². The molecule has 5 aromatic rings. The van der Waals surface area contributed by atoms with Crippen LogP contribution in [-0.4, -0.2) is 124 Å². The first-order chi connectivity index (χ1) is 21.8. The van der Waals surface area contributed by atoms with Gasteiger partial charge in [0.2, 0.25) is 0 Å². The van der Waals surface area contributed by atoms with E-state index < -0.39 is 55.7 Å². The molecule has 2 saturated heterocycles. The SMILES string of the molecule is Nc1ncnc2c1ncn2[C@@H]1O[C@H](Cn2cc(CCCO[C@@H]3[C@H](O)[C@@H](CO)O[C@H]3n3cnc4c(N)ncnc43)nn2)[C@@H](O)[C@H]1O. The van der Waals surface area contributed by atoms with Crippen molar-refractivity contribution in [3.05, 3.63) is 37.2 Å². The Labute approximate surface area is 253 Å². The van der Waals surface area contributed by atoms with Gasteiger partial charge >= 0.3 is 0 Å². The second kappa shape index (κ2) is 11.8. The molecule has 0 unspecified atom stereocenters. The van der Waals surface area contributed by atoms with Gasteiger partial charge in [0.1, 0.15) is 60.3 Å². The quantitative estimate of drug-likeness (QED) is 0.0861. The van der Waals surface area contributed by atoms with Crippen LogP contribution in [0.15, 0.2) is 31.5 Å². The van der Waals surface area contributed by atoms with Crippen LogP contribution < -0.4 is 11.5 Å². The van der Waals surface area contributed by atoms with Crippen LogP contribution in [0.25, 0.3) is 22.3 Å². The maximum absolute atomic E-state index is 10.8. The number of rotatable bonds is 10. The molecule has 8 N–H and O–H groups in total. The molecular formula is C25H31N13O7. The normalized spacial score (nSPS) is 28.5. The average molecular weight is 626 g/mol. The zero-order valence-corrected chi connectivity index (χ0v) is 23.6. The summed E-state index contributed by atoms with van der Waals surface area (Å²) in [7, 11) is 0. The first kappa shape index (κ1) is 29.3. The number of nitrogen functional groups attached to an aromatic ring is 2. The van der Waals surface area contributed by atoms with Crippen molar-refractivity contribution in [2.45, 2.75) is 68.5 Å². The molecule has 2 aliphatic heterocycles. The maximum Gasteiger partial charge on any atom is 0.167 e. The molecule has 20 heteroatoms. The molecule has 238 valence electrons. The summed E-state index contributed by atoms with van der Waals surface area (Å²) in [4.78, 5) is 24.7. The fourth-order valence-corrected chi connectivity index (χ4v) is 5.69. The van der Waals surface area contributed by atoms with E-state index in [1.807, 2.05) is 0 Å². The highest BCUT2D eigenvalue weighted by Crippen LogP contribution is 2.35. The molecule has 20 nitrogen and oxygen atoms in total. The second-order valence-electron chi connectivity index (χ2n) is 10.8. The molecule has 0 spiro atoms. The monoisotopic (exact) mass is 625 g/mol. The second-order valence-corrected chi connectivity index (χ2v) is 10.8. The topological polar surface area (TPSA) is 279 Å². The fourth-order valence-electron chi connectivity index (χ4n) is 5.69. The molecule has 0 radical (unpaired) electrons. The van der Waals surface area contributed by atoms with Crippen molar-refractivity contribution in [1.29, 1.82) is 0 Å². The van der Waals surface area contributed by atoms with E-state index in [1.54, 1.807) is 10.8 Å². The van der Waals surface area contributed by atoms with Crippen LogP contribution in [0.5, 0.6) is 0 Å². The maximum atomic E-state index is 10.8. The van der Waals surface area contributed by atoms with E-state index in [-0.39, 0.29) is 24.8 Å². The summed E-state index contributed by atoms with van der Waals surface area (Å²) >= 11 is 0. The van der Waals surface area contributed by atoms with Crippen LogP contribution in [0.2, 0.25) is 0 Å². The van der Waals surface area contributed by atoms with Crippen LogP contribution in [-0.2, 0) is 27.2 Å². The van der Waals surface area contributed by atoms with Crippen LogP contribution >= 0.6 is 0 Å². The summed E-state index contributed by atoms with van der Waals surface area (Å²) in [5.41, 5.74) is 14.0. The third kappa shape index (κ3) is 5.20. The van der Waals surface area contributed by atoms with Crippen LogP contribution in [0.4, 0.5) is 11.6 Å². The Morgan fingerprint density at radius 1 is 0.800 bits per heavy atom. The van der Waals surface area contributed by atoms with Crippen molar-refractivity contribution in [3.63, 3.8) is 0 Å². The Morgan fingerprint density at radius 2 is 1.44 bits per heavy atom. The number of aliphatic hydroxyl groups excluding tert-OH is 4. The van der Waals surface area contributed by atoms with Crippen molar-refractivity contribution >= 4 is 34.0 Å². The van der Waals surface area contributed by atoms with Gasteiger partial charge in [-0.3, -0.25) is 9.13 Å². The highest BCUT2D eigenvalue weighted by molar-refractivity contribution is 5.81. The summed E-state index contributed by atoms with van der Waals surface area (Å²) in [6.45, 7) is -0.0319. The fraction of sp³-hybridized carbons (Fsp3) is 0.520. The van der Waals surface area contributed by atoms with Gasteiger partial charge in [0.25, 0.3) is 0 Å². The number of anilines is 2. The molecule has 0 aliphatic carbocycles. The minimum absolute atomic E-state index is 0.130. The number of imidazole rings is 2. The molecule has 0 amide bonds. The van der Waals surface area contributed by atoms with Crippen molar-refractivity contribution in [1.82, 2.24) is 54.0 Å². The summed E-state index contributed by atoms with van der Waals surface area (Å²) in [6, 6.07) is 0. The molecule has 0 saturated carbocycles. The van der Waals surface area contributed by atoms with Gasteiger partial charge in [0, 0.05) is 12.8 Å².